The van der Waals surface area contributed by atoms with Crippen molar-refractivity contribution in [1.29, 1.82) is 0 Å². The van der Waals surface area contributed by atoms with Crippen LogP contribution in [-0.2, 0) is 11.2 Å². The minimum Gasteiger partial charge on any atom is -0.300 e. The molecule has 2 heterocycles. The summed E-state index contributed by atoms with van der Waals surface area (Å²) in [5, 5.41) is 15.4. The number of amides is 1. The Hall–Kier alpha value is -1.64. The Labute approximate surface area is 155 Å². The van der Waals surface area contributed by atoms with Crippen LogP contribution in [0.5, 0.6) is 0 Å². The van der Waals surface area contributed by atoms with Gasteiger partial charge >= 0.3 is 0 Å². The molecule has 0 radical (unpaired) electrons. The van der Waals surface area contributed by atoms with Crippen molar-refractivity contribution in [2.24, 2.45) is 0 Å². The lowest BCUT2D eigenvalue weighted by Crippen LogP contribution is -2.14. The standard InChI is InChI=1S/C16H13BrN4OS2/c17-11-3-1-2-10(6-11)14-18-12(8-23-14)7-13(22)19-16-21-20-15(24-16)9-4-5-9/h1-3,6,8-9H,4-5,7H2,(H,19,21,22). The summed E-state index contributed by atoms with van der Waals surface area (Å²) in [7, 11) is 0. The fourth-order valence-electron chi connectivity index (χ4n) is 2.25. The lowest BCUT2D eigenvalue weighted by molar-refractivity contribution is -0.115. The summed E-state index contributed by atoms with van der Waals surface area (Å²) in [5.74, 6) is 0.444. The average Bonchev–Trinajstić information content (AvgIpc) is 3.13. The van der Waals surface area contributed by atoms with Crippen LogP contribution in [0.4, 0.5) is 5.13 Å². The summed E-state index contributed by atoms with van der Waals surface area (Å²) >= 11 is 6.47. The van der Waals surface area contributed by atoms with Gasteiger partial charge in [0.25, 0.3) is 0 Å². The zero-order valence-corrected chi connectivity index (χ0v) is 15.7. The van der Waals surface area contributed by atoms with Gasteiger partial charge in [-0.2, -0.15) is 0 Å². The van der Waals surface area contributed by atoms with E-state index in [0.717, 1.165) is 25.7 Å². The Morgan fingerprint density at radius 1 is 1.33 bits per heavy atom. The normalized spacial score (nSPS) is 13.9. The van der Waals surface area contributed by atoms with Crippen molar-refractivity contribution in [3.8, 4) is 10.6 Å². The van der Waals surface area contributed by atoms with Crippen molar-refractivity contribution in [2.45, 2.75) is 25.2 Å². The smallest absolute Gasteiger partial charge is 0.232 e. The zero-order chi connectivity index (χ0) is 16.5. The van der Waals surface area contributed by atoms with Gasteiger partial charge in [0.15, 0.2) is 0 Å². The molecule has 0 aliphatic heterocycles. The Morgan fingerprint density at radius 3 is 3.00 bits per heavy atom. The third kappa shape index (κ3) is 3.71. The van der Waals surface area contributed by atoms with E-state index < -0.39 is 0 Å². The van der Waals surface area contributed by atoms with Crippen LogP contribution in [0.1, 0.15) is 29.5 Å². The van der Waals surface area contributed by atoms with Gasteiger partial charge in [0.2, 0.25) is 11.0 Å². The van der Waals surface area contributed by atoms with E-state index in [1.165, 1.54) is 35.5 Å². The molecule has 1 saturated carbocycles. The van der Waals surface area contributed by atoms with Crippen LogP contribution in [0.3, 0.4) is 0 Å². The second kappa shape index (κ2) is 6.70. The lowest BCUT2D eigenvalue weighted by atomic mass is 10.2. The van der Waals surface area contributed by atoms with Crippen molar-refractivity contribution in [1.82, 2.24) is 15.2 Å². The highest BCUT2D eigenvalue weighted by Gasteiger charge is 2.27. The molecule has 1 aliphatic carbocycles. The number of hydrogen-bond donors (Lipinski definition) is 1. The summed E-state index contributed by atoms with van der Waals surface area (Å²) < 4.78 is 1.01. The molecule has 0 unspecified atom stereocenters. The van der Waals surface area contributed by atoms with Crippen LogP contribution < -0.4 is 5.32 Å². The van der Waals surface area contributed by atoms with Gasteiger partial charge in [-0.1, -0.05) is 39.4 Å². The van der Waals surface area contributed by atoms with E-state index in [2.05, 4.69) is 36.4 Å². The maximum Gasteiger partial charge on any atom is 0.232 e. The average molecular weight is 421 g/mol. The van der Waals surface area contributed by atoms with Crippen LogP contribution >= 0.6 is 38.6 Å². The quantitative estimate of drug-likeness (QED) is 0.660. The number of carbonyl (C=O) groups is 1. The fourth-order valence-corrected chi connectivity index (χ4v) is 4.40. The molecule has 0 atom stereocenters. The van der Waals surface area contributed by atoms with Crippen molar-refractivity contribution in [2.75, 3.05) is 5.32 Å². The van der Waals surface area contributed by atoms with E-state index >= 15 is 0 Å². The summed E-state index contributed by atoms with van der Waals surface area (Å²) in [4.78, 5) is 16.7. The van der Waals surface area contributed by atoms with Crippen LogP contribution in [-0.4, -0.2) is 21.1 Å². The van der Waals surface area contributed by atoms with E-state index in [0.29, 0.717) is 11.0 Å². The molecular weight excluding hydrogens is 408 g/mol. The maximum absolute atomic E-state index is 12.2. The third-order valence-electron chi connectivity index (χ3n) is 3.58. The molecule has 122 valence electrons. The van der Waals surface area contributed by atoms with E-state index in [9.17, 15) is 4.79 Å². The van der Waals surface area contributed by atoms with Crippen LogP contribution in [0, 0.1) is 0 Å². The molecule has 2 aromatic heterocycles. The van der Waals surface area contributed by atoms with E-state index in [4.69, 9.17) is 0 Å². The van der Waals surface area contributed by atoms with Crippen LogP contribution in [0.15, 0.2) is 34.1 Å². The predicted octanol–water partition coefficient (Wildman–Crippen LogP) is 4.48. The second-order valence-electron chi connectivity index (χ2n) is 5.60. The summed E-state index contributed by atoms with van der Waals surface area (Å²) in [6, 6.07) is 7.97. The van der Waals surface area contributed by atoms with Crippen molar-refractivity contribution in [3.05, 3.63) is 44.8 Å². The van der Waals surface area contributed by atoms with Gasteiger partial charge in [0, 0.05) is 21.3 Å². The van der Waals surface area contributed by atoms with Gasteiger partial charge in [-0.25, -0.2) is 4.98 Å². The minimum absolute atomic E-state index is 0.111. The van der Waals surface area contributed by atoms with Gasteiger partial charge in [0.1, 0.15) is 10.0 Å². The highest BCUT2D eigenvalue weighted by molar-refractivity contribution is 9.10. The number of nitrogens with one attached hydrogen (secondary N) is 1. The molecule has 1 fully saturated rings. The number of benzene rings is 1. The molecule has 3 aromatic rings. The predicted molar refractivity (Wildman–Crippen MR) is 99.5 cm³/mol. The first-order valence-electron chi connectivity index (χ1n) is 7.51. The van der Waals surface area contributed by atoms with Gasteiger partial charge < -0.3 is 5.32 Å². The van der Waals surface area contributed by atoms with Crippen molar-refractivity contribution < 1.29 is 4.79 Å². The topological polar surface area (TPSA) is 67.8 Å². The van der Waals surface area contributed by atoms with Gasteiger partial charge in [0.05, 0.1) is 12.1 Å². The third-order valence-corrected chi connectivity index (χ3v) is 6.01. The lowest BCUT2D eigenvalue weighted by Gasteiger charge is -1.99. The number of anilines is 1. The second-order valence-corrected chi connectivity index (χ2v) is 8.38. The maximum atomic E-state index is 12.2. The highest BCUT2D eigenvalue weighted by atomic mass is 79.9. The molecule has 24 heavy (non-hydrogen) atoms. The first-order valence-corrected chi connectivity index (χ1v) is 10.00. The van der Waals surface area contributed by atoms with Gasteiger partial charge in [-0.15, -0.1) is 21.5 Å². The molecule has 1 N–H and O–H groups in total. The molecule has 1 aromatic carbocycles. The Morgan fingerprint density at radius 2 is 2.21 bits per heavy atom. The number of carbonyl (C=O) groups excluding carboxylic acids is 1. The number of rotatable bonds is 5. The molecule has 5 nitrogen and oxygen atoms in total. The molecule has 0 saturated heterocycles. The van der Waals surface area contributed by atoms with Gasteiger partial charge in [-0.3, -0.25) is 4.79 Å². The minimum atomic E-state index is -0.111. The molecule has 1 aliphatic rings. The largest absolute Gasteiger partial charge is 0.300 e. The SMILES string of the molecule is O=C(Cc1csc(-c2cccc(Br)c2)n1)Nc1nnc(C2CC2)s1. The summed E-state index contributed by atoms with van der Waals surface area (Å²) in [5.41, 5.74) is 1.80. The van der Waals surface area contributed by atoms with E-state index in [1.807, 2.05) is 29.6 Å². The Kier molecular flexibility index (Phi) is 4.43. The van der Waals surface area contributed by atoms with Crippen LogP contribution in [0.2, 0.25) is 0 Å². The van der Waals surface area contributed by atoms with E-state index in [-0.39, 0.29) is 12.3 Å². The monoisotopic (exact) mass is 420 g/mol. The zero-order valence-electron chi connectivity index (χ0n) is 12.5. The molecule has 0 spiro atoms. The number of thiazole rings is 1. The highest BCUT2D eigenvalue weighted by Crippen LogP contribution is 2.42. The number of aromatic nitrogens is 3. The molecule has 1 amide bonds. The first kappa shape index (κ1) is 15.9. The van der Waals surface area contributed by atoms with Crippen molar-refractivity contribution in [3.63, 3.8) is 0 Å². The number of hydrogen-bond acceptors (Lipinski definition) is 6. The number of nitrogens with zero attached hydrogens (tertiary/aromatic N) is 3. The number of halogens is 1. The van der Waals surface area contributed by atoms with Crippen molar-refractivity contribution >= 4 is 49.6 Å². The molecule has 0 bridgehead atoms. The Balaban J connectivity index is 1.40. The first-order chi connectivity index (χ1) is 11.7. The summed E-state index contributed by atoms with van der Waals surface area (Å²) in [6.07, 6.45) is 2.60. The fraction of sp³-hybridized carbons (Fsp3) is 0.250. The van der Waals surface area contributed by atoms with Crippen LogP contribution in [0.25, 0.3) is 10.6 Å². The van der Waals surface area contributed by atoms with Gasteiger partial charge in [-0.05, 0) is 25.0 Å². The molecule has 8 heteroatoms. The van der Waals surface area contributed by atoms with E-state index in [1.54, 1.807) is 0 Å². The molecular formula is C16H13BrN4OS2. The summed E-state index contributed by atoms with van der Waals surface area (Å²) in [6.45, 7) is 0. The molecule has 4 rings (SSSR count). The Bertz CT molecular complexity index is 888.